The number of alkyl halides is 1. The quantitative estimate of drug-likeness (QED) is 0.509. The van der Waals surface area contributed by atoms with Gasteiger partial charge in [-0.2, -0.15) is 0 Å². The van der Waals surface area contributed by atoms with Crippen molar-refractivity contribution in [1.29, 1.82) is 0 Å². The van der Waals surface area contributed by atoms with Gasteiger partial charge in [-0.1, -0.05) is 30.3 Å². The van der Waals surface area contributed by atoms with E-state index in [1.807, 2.05) is 0 Å². The molecule has 0 N–H and O–H groups in total. The lowest BCUT2D eigenvalue weighted by Crippen LogP contribution is -2.28. The zero-order chi connectivity index (χ0) is 16.8. The van der Waals surface area contributed by atoms with E-state index in [2.05, 4.69) is 4.74 Å². The second-order valence-electron chi connectivity index (χ2n) is 5.44. The van der Waals surface area contributed by atoms with Crippen LogP contribution in [0.2, 0.25) is 0 Å². The van der Waals surface area contributed by atoms with E-state index >= 15 is 0 Å². The van der Waals surface area contributed by atoms with Crippen molar-refractivity contribution in [3.05, 3.63) is 59.7 Å². The van der Waals surface area contributed by atoms with Crippen LogP contribution in [0.1, 0.15) is 12.5 Å². The molecule has 0 fully saturated rings. The van der Waals surface area contributed by atoms with E-state index < -0.39 is 23.3 Å². The summed E-state index contributed by atoms with van der Waals surface area (Å²) < 4.78 is 46.9. The topological polar surface area (TPSA) is 26.3 Å². The van der Waals surface area contributed by atoms with Gasteiger partial charge < -0.3 is 4.74 Å². The minimum atomic E-state index is -2.37. The van der Waals surface area contributed by atoms with Crippen molar-refractivity contribution in [2.45, 2.75) is 12.6 Å². The molecule has 118 valence electrons. The van der Waals surface area contributed by atoms with Gasteiger partial charge in [0.15, 0.2) is 0 Å². The van der Waals surface area contributed by atoms with Gasteiger partial charge in [0, 0.05) is 17.0 Å². The van der Waals surface area contributed by atoms with Crippen molar-refractivity contribution in [2.75, 3.05) is 7.11 Å². The first-order valence-corrected chi connectivity index (χ1v) is 6.94. The number of methoxy groups -OCH3 is 1. The summed E-state index contributed by atoms with van der Waals surface area (Å²) in [7, 11) is 1.10. The Labute approximate surface area is 130 Å². The average molecular weight is 318 g/mol. The van der Waals surface area contributed by atoms with Crippen LogP contribution in [0.25, 0.3) is 21.5 Å². The standard InChI is InChI=1S/C18H13F3O2/c1-18(21,17(22)23-2)15-5-3-4-11-12(15)6-7-13-14(11)8-10(19)9-16(13)20/h3-9H,1-2H3/t18-/m0/s1. The maximum Gasteiger partial charge on any atom is 0.348 e. The molecule has 0 saturated carbocycles. The Morgan fingerprint density at radius 2 is 1.70 bits per heavy atom. The number of carbonyl (C=O) groups is 1. The molecular formula is C18H13F3O2. The van der Waals surface area contributed by atoms with E-state index in [0.717, 1.165) is 20.1 Å². The number of ether oxygens (including phenoxy) is 1. The Hall–Kier alpha value is -2.56. The molecule has 0 aliphatic rings. The molecule has 0 spiro atoms. The smallest absolute Gasteiger partial charge is 0.348 e. The Morgan fingerprint density at radius 3 is 2.39 bits per heavy atom. The lowest BCUT2D eigenvalue weighted by Gasteiger charge is -2.20. The summed E-state index contributed by atoms with van der Waals surface area (Å²) in [5, 5.41) is 1.42. The molecule has 3 aromatic rings. The maximum absolute atomic E-state index is 14.9. The highest BCUT2D eigenvalue weighted by Gasteiger charge is 2.37. The van der Waals surface area contributed by atoms with Crippen LogP contribution in [0.3, 0.4) is 0 Å². The highest BCUT2D eigenvalue weighted by molar-refractivity contribution is 6.09. The fourth-order valence-electron chi connectivity index (χ4n) is 2.83. The number of hydrogen-bond donors (Lipinski definition) is 0. The SMILES string of the molecule is COC(=O)[C@@](C)(F)c1cccc2c1ccc1c(F)cc(F)cc12. The second-order valence-corrected chi connectivity index (χ2v) is 5.44. The van der Waals surface area contributed by atoms with Gasteiger partial charge in [-0.05, 0) is 29.1 Å². The summed E-state index contributed by atoms with van der Waals surface area (Å²) in [6.07, 6.45) is 0. The third kappa shape index (κ3) is 2.32. The summed E-state index contributed by atoms with van der Waals surface area (Å²) in [6.45, 7) is 1.10. The molecule has 23 heavy (non-hydrogen) atoms. The largest absolute Gasteiger partial charge is 0.466 e. The molecule has 3 aromatic carbocycles. The molecule has 0 heterocycles. The molecule has 0 radical (unpaired) electrons. The van der Waals surface area contributed by atoms with Gasteiger partial charge in [-0.25, -0.2) is 18.0 Å². The number of fused-ring (bicyclic) bond motifs is 3. The Morgan fingerprint density at radius 1 is 1.00 bits per heavy atom. The van der Waals surface area contributed by atoms with Gasteiger partial charge >= 0.3 is 5.97 Å². The van der Waals surface area contributed by atoms with Gasteiger partial charge in [0.1, 0.15) is 11.6 Å². The molecule has 0 bridgehead atoms. The molecule has 0 amide bonds. The third-order valence-electron chi connectivity index (χ3n) is 3.98. The average Bonchev–Trinajstić information content (AvgIpc) is 2.52. The molecule has 0 aromatic heterocycles. The number of benzene rings is 3. The zero-order valence-corrected chi connectivity index (χ0v) is 12.5. The Kier molecular flexibility index (Phi) is 3.51. The van der Waals surface area contributed by atoms with E-state index in [-0.39, 0.29) is 10.9 Å². The Bertz CT molecular complexity index is 932. The van der Waals surface area contributed by atoms with E-state index in [4.69, 9.17) is 0 Å². The number of halogens is 3. The fourth-order valence-corrected chi connectivity index (χ4v) is 2.83. The predicted molar refractivity (Wildman–Crippen MR) is 81.8 cm³/mol. The molecule has 0 saturated heterocycles. The summed E-state index contributed by atoms with van der Waals surface area (Å²) in [4.78, 5) is 11.7. The van der Waals surface area contributed by atoms with Crippen LogP contribution in [-0.2, 0) is 15.2 Å². The fraction of sp³-hybridized carbons (Fsp3) is 0.167. The molecule has 0 unspecified atom stereocenters. The van der Waals surface area contributed by atoms with E-state index in [1.54, 1.807) is 12.1 Å². The monoisotopic (exact) mass is 318 g/mol. The summed E-state index contributed by atoms with van der Waals surface area (Å²) in [6, 6.07) is 9.59. The maximum atomic E-state index is 14.9. The van der Waals surface area contributed by atoms with Crippen LogP contribution in [0.15, 0.2) is 42.5 Å². The molecule has 5 heteroatoms. The van der Waals surface area contributed by atoms with Gasteiger partial charge in [0.2, 0.25) is 5.67 Å². The zero-order valence-electron chi connectivity index (χ0n) is 12.5. The van der Waals surface area contributed by atoms with Crippen molar-refractivity contribution in [3.8, 4) is 0 Å². The van der Waals surface area contributed by atoms with E-state index in [9.17, 15) is 18.0 Å². The van der Waals surface area contributed by atoms with Crippen molar-refractivity contribution in [2.24, 2.45) is 0 Å². The van der Waals surface area contributed by atoms with Crippen LogP contribution >= 0.6 is 0 Å². The van der Waals surface area contributed by atoms with Crippen LogP contribution in [0.4, 0.5) is 13.2 Å². The number of esters is 1. The molecular weight excluding hydrogens is 305 g/mol. The summed E-state index contributed by atoms with van der Waals surface area (Å²) >= 11 is 0. The molecule has 2 nitrogen and oxygen atoms in total. The Balaban J connectivity index is 2.40. The van der Waals surface area contributed by atoms with Crippen LogP contribution in [0, 0.1) is 11.6 Å². The van der Waals surface area contributed by atoms with E-state index in [1.165, 1.54) is 24.3 Å². The summed E-state index contributed by atoms with van der Waals surface area (Å²) in [5.74, 6) is -2.44. The molecule has 0 aliphatic carbocycles. The van der Waals surface area contributed by atoms with Gasteiger partial charge in [0.05, 0.1) is 7.11 Å². The number of carbonyl (C=O) groups excluding carboxylic acids is 1. The first kappa shape index (κ1) is 15.3. The normalized spacial score (nSPS) is 14.0. The van der Waals surface area contributed by atoms with Crippen LogP contribution in [-0.4, -0.2) is 13.1 Å². The molecule has 1 atom stereocenters. The number of rotatable bonds is 2. The van der Waals surface area contributed by atoms with Gasteiger partial charge in [-0.15, -0.1) is 0 Å². The minimum absolute atomic E-state index is 0.0911. The van der Waals surface area contributed by atoms with Crippen molar-refractivity contribution >= 4 is 27.5 Å². The van der Waals surface area contributed by atoms with Crippen molar-refractivity contribution in [3.63, 3.8) is 0 Å². The first-order chi connectivity index (χ1) is 10.9. The van der Waals surface area contributed by atoms with Crippen molar-refractivity contribution in [1.82, 2.24) is 0 Å². The van der Waals surface area contributed by atoms with Gasteiger partial charge in [0.25, 0.3) is 0 Å². The minimum Gasteiger partial charge on any atom is -0.466 e. The summed E-state index contributed by atoms with van der Waals surface area (Å²) in [5.41, 5.74) is -2.28. The van der Waals surface area contributed by atoms with E-state index in [0.29, 0.717) is 16.2 Å². The van der Waals surface area contributed by atoms with Crippen LogP contribution in [0.5, 0.6) is 0 Å². The molecule has 0 aliphatic heterocycles. The first-order valence-electron chi connectivity index (χ1n) is 6.94. The second kappa shape index (κ2) is 5.26. The van der Waals surface area contributed by atoms with Crippen LogP contribution < -0.4 is 0 Å². The highest BCUT2D eigenvalue weighted by Crippen LogP contribution is 2.36. The third-order valence-corrected chi connectivity index (χ3v) is 3.98. The van der Waals surface area contributed by atoms with Gasteiger partial charge in [-0.3, -0.25) is 0 Å². The molecule has 3 rings (SSSR count). The van der Waals surface area contributed by atoms with Crippen molar-refractivity contribution < 1.29 is 22.7 Å². The lowest BCUT2D eigenvalue weighted by atomic mass is 9.90. The lowest BCUT2D eigenvalue weighted by molar-refractivity contribution is -0.154. The predicted octanol–water partition coefficient (Wildman–Crippen LogP) is 4.63. The highest BCUT2D eigenvalue weighted by atomic mass is 19.1. The number of hydrogen-bond acceptors (Lipinski definition) is 2.